The number of hydrogen-bond donors (Lipinski definition) is 1. The molecule has 0 saturated heterocycles. The topological polar surface area (TPSA) is 56.5 Å². The van der Waals surface area contributed by atoms with E-state index < -0.39 is 6.36 Å². The minimum atomic E-state index is -4.73. The van der Waals surface area contributed by atoms with Gasteiger partial charge < -0.3 is 19.2 Å². The Labute approximate surface area is 182 Å². The van der Waals surface area contributed by atoms with E-state index in [2.05, 4.69) is 15.0 Å². The van der Waals surface area contributed by atoms with E-state index in [-0.39, 0.29) is 5.75 Å². The third-order valence-corrected chi connectivity index (χ3v) is 4.85. The zero-order valence-corrected chi connectivity index (χ0v) is 17.3. The zero-order valence-electron chi connectivity index (χ0n) is 17.3. The molecule has 0 fully saturated rings. The smallest absolute Gasteiger partial charge is 0.493 e. The van der Waals surface area contributed by atoms with Crippen molar-refractivity contribution in [3.8, 4) is 22.8 Å². The molecule has 2 heterocycles. The molecule has 4 rings (SSSR count). The standard InChI is InChI=1S/C24H21F3N2O3/c1-30-22-13-16(15-28-11-9-19-4-2-3-10-29-19)12-18-14-21(31-23(18)22)17-5-7-20(8-6-17)32-24(25,26)27/h2-8,10,12-14,28H,9,11,15H2,1H3. The van der Waals surface area contributed by atoms with Crippen LogP contribution in [0, 0.1) is 0 Å². The normalized spacial score (nSPS) is 11.6. The van der Waals surface area contributed by atoms with Crippen LogP contribution in [0.4, 0.5) is 13.2 Å². The average molecular weight is 442 g/mol. The molecule has 0 amide bonds. The third-order valence-electron chi connectivity index (χ3n) is 4.85. The molecule has 0 spiro atoms. The largest absolute Gasteiger partial charge is 0.573 e. The van der Waals surface area contributed by atoms with Crippen molar-refractivity contribution in [2.75, 3.05) is 13.7 Å². The highest BCUT2D eigenvalue weighted by atomic mass is 19.4. The summed E-state index contributed by atoms with van der Waals surface area (Å²) in [5.74, 6) is 0.832. The number of halogens is 3. The Hall–Kier alpha value is -3.52. The van der Waals surface area contributed by atoms with E-state index >= 15 is 0 Å². The van der Waals surface area contributed by atoms with Gasteiger partial charge in [0.15, 0.2) is 11.3 Å². The number of nitrogens with zero attached hydrogens (tertiary/aromatic N) is 1. The maximum Gasteiger partial charge on any atom is 0.573 e. The van der Waals surface area contributed by atoms with E-state index in [1.807, 2.05) is 36.4 Å². The first-order valence-corrected chi connectivity index (χ1v) is 9.98. The summed E-state index contributed by atoms with van der Waals surface area (Å²) >= 11 is 0. The van der Waals surface area contributed by atoms with Crippen LogP contribution in [0.2, 0.25) is 0 Å². The van der Waals surface area contributed by atoms with Gasteiger partial charge in [0.05, 0.1) is 7.11 Å². The number of methoxy groups -OCH3 is 1. The minimum absolute atomic E-state index is 0.283. The number of rotatable bonds is 8. The van der Waals surface area contributed by atoms with Crippen LogP contribution < -0.4 is 14.8 Å². The van der Waals surface area contributed by atoms with Crippen molar-refractivity contribution in [2.45, 2.75) is 19.3 Å². The molecule has 0 atom stereocenters. The first-order valence-electron chi connectivity index (χ1n) is 9.98. The van der Waals surface area contributed by atoms with Crippen molar-refractivity contribution in [1.82, 2.24) is 10.3 Å². The maximum absolute atomic E-state index is 12.4. The van der Waals surface area contributed by atoms with Crippen LogP contribution in [0.3, 0.4) is 0 Å². The van der Waals surface area contributed by atoms with Crippen molar-refractivity contribution >= 4 is 11.0 Å². The number of nitrogens with one attached hydrogen (secondary N) is 1. The van der Waals surface area contributed by atoms with Gasteiger partial charge in [-0.05, 0) is 60.2 Å². The number of aromatic nitrogens is 1. The fourth-order valence-corrected chi connectivity index (χ4v) is 3.39. The molecular formula is C24H21F3N2O3. The van der Waals surface area contributed by atoms with E-state index in [9.17, 15) is 13.2 Å². The molecule has 5 nitrogen and oxygen atoms in total. The first-order chi connectivity index (χ1) is 15.4. The van der Waals surface area contributed by atoms with Crippen LogP contribution in [0.25, 0.3) is 22.3 Å². The lowest BCUT2D eigenvalue weighted by Gasteiger charge is -2.08. The summed E-state index contributed by atoms with van der Waals surface area (Å²) in [6.07, 6.45) is -2.12. The van der Waals surface area contributed by atoms with Gasteiger partial charge in [-0.15, -0.1) is 13.2 Å². The van der Waals surface area contributed by atoms with Gasteiger partial charge in [-0.1, -0.05) is 6.07 Å². The van der Waals surface area contributed by atoms with Gasteiger partial charge in [0.1, 0.15) is 11.5 Å². The zero-order chi connectivity index (χ0) is 22.6. The lowest BCUT2D eigenvalue weighted by molar-refractivity contribution is -0.274. The van der Waals surface area contributed by atoms with Gasteiger partial charge in [-0.2, -0.15) is 0 Å². The maximum atomic E-state index is 12.4. The fraction of sp³-hybridized carbons (Fsp3) is 0.208. The number of furan rings is 1. The Kier molecular flexibility index (Phi) is 6.32. The van der Waals surface area contributed by atoms with E-state index in [0.29, 0.717) is 29.2 Å². The van der Waals surface area contributed by atoms with Crippen LogP contribution in [0.1, 0.15) is 11.3 Å². The van der Waals surface area contributed by atoms with Crippen molar-refractivity contribution in [3.63, 3.8) is 0 Å². The Morgan fingerprint density at radius 2 is 1.84 bits per heavy atom. The quantitative estimate of drug-likeness (QED) is 0.353. The summed E-state index contributed by atoms with van der Waals surface area (Å²) < 4.78 is 52.4. The number of fused-ring (bicyclic) bond motifs is 1. The second-order valence-electron chi connectivity index (χ2n) is 7.15. The summed E-state index contributed by atoms with van der Waals surface area (Å²) in [4.78, 5) is 4.31. The number of ether oxygens (including phenoxy) is 2. The Bertz CT molecular complexity index is 1170. The van der Waals surface area contributed by atoms with E-state index in [0.717, 1.165) is 29.6 Å². The summed E-state index contributed by atoms with van der Waals surface area (Å²) in [6.45, 7) is 1.42. The monoisotopic (exact) mass is 442 g/mol. The molecule has 166 valence electrons. The molecule has 0 bridgehead atoms. The van der Waals surface area contributed by atoms with Gasteiger partial charge in [0.25, 0.3) is 0 Å². The minimum Gasteiger partial charge on any atom is -0.493 e. The molecule has 0 unspecified atom stereocenters. The SMILES string of the molecule is COc1cc(CNCCc2ccccn2)cc2cc(-c3ccc(OC(F)(F)F)cc3)oc12. The molecule has 4 aromatic rings. The molecule has 0 aliphatic heterocycles. The Morgan fingerprint density at radius 1 is 1.03 bits per heavy atom. The second kappa shape index (κ2) is 9.32. The predicted octanol–water partition coefficient (Wildman–Crippen LogP) is 5.73. The third kappa shape index (κ3) is 5.39. The molecule has 2 aromatic heterocycles. The molecule has 0 radical (unpaired) electrons. The van der Waals surface area contributed by atoms with E-state index in [1.54, 1.807) is 13.3 Å². The molecule has 0 saturated carbocycles. The van der Waals surface area contributed by atoms with Crippen LogP contribution in [0.15, 0.2) is 71.3 Å². The first kappa shape index (κ1) is 21.7. The highest BCUT2D eigenvalue weighted by molar-refractivity contribution is 5.88. The fourth-order valence-electron chi connectivity index (χ4n) is 3.39. The highest BCUT2D eigenvalue weighted by Crippen LogP contribution is 2.35. The summed E-state index contributed by atoms with van der Waals surface area (Å²) in [5.41, 5.74) is 3.26. The Balaban J connectivity index is 1.48. The summed E-state index contributed by atoms with van der Waals surface area (Å²) in [5, 5.41) is 4.24. The van der Waals surface area contributed by atoms with Crippen LogP contribution in [0.5, 0.6) is 11.5 Å². The average Bonchev–Trinajstić information content (AvgIpc) is 3.20. The van der Waals surface area contributed by atoms with E-state index in [1.165, 1.54) is 24.3 Å². The molecule has 0 aliphatic rings. The number of pyridine rings is 1. The summed E-state index contributed by atoms with van der Waals surface area (Å²) in [7, 11) is 1.57. The van der Waals surface area contributed by atoms with Crippen molar-refractivity contribution < 1.29 is 27.1 Å². The van der Waals surface area contributed by atoms with Gasteiger partial charge in [0, 0.05) is 42.4 Å². The predicted molar refractivity (Wildman–Crippen MR) is 115 cm³/mol. The molecule has 0 aliphatic carbocycles. The lowest BCUT2D eigenvalue weighted by Crippen LogP contribution is -2.17. The number of alkyl halides is 3. The van der Waals surface area contributed by atoms with Crippen LogP contribution >= 0.6 is 0 Å². The van der Waals surface area contributed by atoms with Gasteiger partial charge in [-0.3, -0.25) is 4.98 Å². The second-order valence-corrected chi connectivity index (χ2v) is 7.15. The lowest BCUT2D eigenvalue weighted by atomic mass is 10.1. The molecule has 1 N–H and O–H groups in total. The van der Waals surface area contributed by atoms with E-state index in [4.69, 9.17) is 9.15 Å². The van der Waals surface area contributed by atoms with Crippen molar-refractivity contribution in [1.29, 1.82) is 0 Å². The number of hydrogen-bond acceptors (Lipinski definition) is 5. The van der Waals surface area contributed by atoms with Gasteiger partial charge in [0.2, 0.25) is 0 Å². The summed E-state index contributed by atoms with van der Waals surface area (Å²) in [6, 6.07) is 17.1. The van der Waals surface area contributed by atoms with Gasteiger partial charge >= 0.3 is 6.36 Å². The molecule has 8 heteroatoms. The number of benzene rings is 2. The highest BCUT2D eigenvalue weighted by Gasteiger charge is 2.31. The van der Waals surface area contributed by atoms with Crippen molar-refractivity contribution in [2.24, 2.45) is 0 Å². The van der Waals surface area contributed by atoms with Crippen molar-refractivity contribution in [3.05, 3.63) is 78.1 Å². The molecule has 2 aromatic carbocycles. The Morgan fingerprint density at radius 3 is 2.53 bits per heavy atom. The van der Waals surface area contributed by atoms with Gasteiger partial charge in [-0.25, -0.2) is 0 Å². The molecular weight excluding hydrogens is 421 g/mol. The molecule has 32 heavy (non-hydrogen) atoms. The van der Waals surface area contributed by atoms with Crippen LogP contribution in [-0.4, -0.2) is 25.0 Å². The van der Waals surface area contributed by atoms with Crippen LogP contribution in [-0.2, 0) is 13.0 Å².